The van der Waals surface area contributed by atoms with Crippen LogP contribution in [-0.2, 0) is 5.75 Å². The van der Waals surface area contributed by atoms with Crippen LogP contribution in [0, 0.1) is 5.92 Å². The third kappa shape index (κ3) is 4.77. The summed E-state index contributed by atoms with van der Waals surface area (Å²) in [6.07, 6.45) is 4.82. The first kappa shape index (κ1) is 19.1. The van der Waals surface area contributed by atoms with Gasteiger partial charge < -0.3 is 4.90 Å². The Morgan fingerprint density at radius 2 is 1.78 bits per heavy atom. The van der Waals surface area contributed by atoms with Crippen molar-refractivity contribution in [3.05, 3.63) is 29.8 Å². The van der Waals surface area contributed by atoms with E-state index in [1.54, 1.807) is 23.9 Å². The van der Waals surface area contributed by atoms with E-state index in [2.05, 4.69) is 26.6 Å². The highest BCUT2D eigenvalue weighted by atomic mass is 32.2. The molecule has 1 aromatic carbocycles. The van der Waals surface area contributed by atoms with E-state index in [1.807, 2.05) is 12.1 Å². The van der Waals surface area contributed by atoms with E-state index in [4.69, 9.17) is 0 Å². The van der Waals surface area contributed by atoms with Crippen LogP contribution in [0.15, 0.2) is 34.3 Å². The van der Waals surface area contributed by atoms with Gasteiger partial charge in [-0.3, -0.25) is 4.57 Å². The quantitative estimate of drug-likeness (QED) is 0.567. The Labute approximate surface area is 167 Å². The van der Waals surface area contributed by atoms with Crippen LogP contribution in [0.1, 0.15) is 44.2 Å². The van der Waals surface area contributed by atoms with Crippen molar-refractivity contribution in [2.45, 2.75) is 60.2 Å². The predicted octanol–water partition coefficient (Wildman–Crippen LogP) is 5.46. The summed E-state index contributed by atoms with van der Waals surface area (Å²) in [6.45, 7) is 4.43. The number of thioether (sulfide) groups is 2. The van der Waals surface area contributed by atoms with Crippen molar-refractivity contribution < 1.29 is 8.78 Å². The van der Waals surface area contributed by atoms with Crippen molar-refractivity contribution in [1.82, 2.24) is 14.8 Å². The Bertz CT molecular complexity index is 754. The molecule has 1 aromatic heterocycles. The maximum absolute atomic E-state index is 12.4. The van der Waals surface area contributed by atoms with Crippen molar-refractivity contribution in [3.63, 3.8) is 0 Å². The number of aromatic nitrogens is 3. The average molecular weight is 411 g/mol. The standard InChI is InChI=1S/C19H24F2N4S2/c1-13-8-10-24(11-9-13)18-22-23-19(25(18)15-4-5-15)26-12-14-2-6-16(7-3-14)27-17(20)21/h2-3,6-7,13,15,17H,4-5,8-12H2,1H3. The molecule has 0 spiro atoms. The van der Waals surface area contributed by atoms with Gasteiger partial charge in [-0.25, -0.2) is 0 Å². The van der Waals surface area contributed by atoms with E-state index in [1.165, 1.54) is 25.7 Å². The van der Waals surface area contributed by atoms with Crippen molar-refractivity contribution in [2.24, 2.45) is 5.92 Å². The second kappa shape index (κ2) is 8.39. The van der Waals surface area contributed by atoms with Gasteiger partial charge in [-0.2, -0.15) is 8.78 Å². The van der Waals surface area contributed by atoms with Crippen LogP contribution in [0.5, 0.6) is 0 Å². The fraction of sp³-hybridized carbons (Fsp3) is 0.579. The number of piperidine rings is 1. The first-order chi connectivity index (χ1) is 13.1. The number of hydrogen-bond donors (Lipinski definition) is 0. The Balaban J connectivity index is 1.43. The molecule has 27 heavy (non-hydrogen) atoms. The summed E-state index contributed by atoms with van der Waals surface area (Å²) in [5, 5.41) is 9.96. The summed E-state index contributed by atoms with van der Waals surface area (Å²) in [6, 6.07) is 7.89. The van der Waals surface area contributed by atoms with Gasteiger partial charge in [0, 0.05) is 29.8 Å². The molecule has 0 radical (unpaired) electrons. The Morgan fingerprint density at radius 3 is 2.41 bits per heavy atom. The van der Waals surface area contributed by atoms with Crippen LogP contribution < -0.4 is 4.90 Å². The zero-order valence-electron chi connectivity index (χ0n) is 15.4. The van der Waals surface area contributed by atoms with Crippen LogP contribution in [0.2, 0.25) is 0 Å². The topological polar surface area (TPSA) is 34.0 Å². The largest absolute Gasteiger partial charge is 0.341 e. The van der Waals surface area contributed by atoms with Crippen LogP contribution in [0.25, 0.3) is 0 Å². The second-order valence-electron chi connectivity index (χ2n) is 7.36. The smallest absolute Gasteiger partial charge is 0.288 e. The van der Waals surface area contributed by atoms with Gasteiger partial charge in [-0.1, -0.05) is 42.6 Å². The normalized spacial score (nSPS) is 18.4. The molecule has 1 aliphatic heterocycles. The molecule has 1 saturated carbocycles. The van der Waals surface area contributed by atoms with Crippen LogP contribution in [0.4, 0.5) is 14.7 Å². The number of rotatable bonds is 7. The molecule has 2 aliphatic rings. The zero-order valence-corrected chi connectivity index (χ0v) is 17.0. The zero-order chi connectivity index (χ0) is 18.8. The first-order valence-electron chi connectivity index (χ1n) is 9.46. The van der Waals surface area contributed by atoms with Gasteiger partial charge in [0.1, 0.15) is 0 Å². The maximum atomic E-state index is 12.4. The van der Waals surface area contributed by atoms with Gasteiger partial charge in [0.25, 0.3) is 5.76 Å². The van der Waals surface area contributed by atoms with Gasteiger partial charge in [-0.05, 0) is 49.3 Å². The maximum Gasteiger partial charge on any atom is 0.288 e. The fourth-order valence-electron chi connectivity index (χ4n) is 3.36. The fourth-order valence-corrected chi connectivity index (χ4v) is 4.81. The predicted molar refractivity (Wildman–Crippen MR) is 107 cm³/mol. The molecular formula is C19H24F2N4S2. The first-order valence-corrected chi connectivity index (χ1v) is 11.3. The van der Waals surface area contributed by atoms with Crippen molar-refractivity contribution in [2.75, 3.05) is 18.0 Å². The third-order valence-corrected chi connectivity index (χ3v) is 6.88. The van der Waals surface area contributed by atoms with Gasteiger partial charge >= 0.3 is 0 Å². The molecule has 4 rings (SSSR count). The molecule has 8 heteroatoms. The molecule has 2 fully saturated rings. The Morgan fingerprint density at radius 1 is 1.07 bits per heavy atom. The lowest BCUT2D eigenvalue weighted by Gasteiger charge is -2.31. The average Bonchev–Trinajstić information content (AvgIpc) is 3.41. The minimum Gasteiger partial charge on any atom is -0.341 e. The van der Waals surface area contributed by atoms with E-state index < -0.39 is 5.76 Å². The second-order valence-corrected chi connectivity index (χ2v) is 9.37. The molecule has 0 unspecified atom stereocenters. The van der Waals surface area contributed by atoms with Gasteiger partial charge in [0.15, 0.2) is 5.16 Å². The number of nitrogens with zero attached hydrogens (tertiary/aromatic N) is 4. The molecular weight excluding hydrogens is 386 g/mol. The molecule has 2 heterocycles. The van der Waals surface area contributed by atoms with E-state index in [0.29, 0.717) is 22.7 Å². The van der Waals surface area contributed by atoms with E-state index in [9.17, 15) is 8.78 Å². The summed E-state index contributed by atoms with van der Waals surface area (Å²) in [5.41, 5.74) is 1.11. The Kier molecular flexibility index (Phi) is 5.92. The third-order valence-electron chi connectivity index (χ3n) is 5.14. The molecule has 4 nitrogen and oxygen atoms in total. The molecule has 146 valence electrons. The lowest BCUT2D eigenvalue weighted by Crippen LogP contribution is -2.34. The van der Waals surface area contributed by atoms with Crippen molar-refractivity contribution in [1.29, 1.82) is 0 Å². The SMILES string of the molecule is CC1CCN(c2nnc(SCc3ccc(SC(F)F)cc3)n2C2CC2)CC1. The molecule has 0 N–H and O–H groups in total. The van der Waals surface area contributed by atoms with E-state index in [0.717, 1.165) is 41.4 Å². The number of benzene rings is 1. The summed E-state index contributed by atoms with van der Waals surface area (Å²) in [5.74, 6) is 0.203. The van der Waals surface area contributed by atoms with Crippen LogP contribution in [-0.4, -0.2) is 33.6 Å². The van der Waals surface area contributed by atoms with Gasteiger partial charge in [0.2, 0.25) is 5.95 Å². The number of hydrogen-bond acceptors (Lipinski definition) is 5. The molecule has 2 aromatic rings. The van der Waals surface area contributed by atoms with Crippen molar-refractivity contribution in [3.8, 4) is 0 Å². The summed E-state index contributed by atoms with van der Waals surface area (Å²) in [7, 11) is 0. The van der Waals surface area contributed by atoms with Crippen LogP contribution in [0.3, 0.4) is 0 Å². The Hall–Kier alpha value is -1.28. The van der Waals surface area contributed by atoms with E-state index >= 15 is 0 Å². The highest BCUT2D eigenvalue weighted by molar-refractivity contribution is 7.99. The van der Waals surface area contributed by atoms with Crippen molar-refractivity contribution >= 4 is 29.5 Å². The summed E-state index contributed by atoms with van der Waals surface area (Å²) in [4.78, 5) is 2.98. The summed E-state index contributed by atoms with van der Waals surface area (Å²) >= 11 is 2.26. The number of halogens is 2. The molecule has 1 saturated heterocycles. The monoisotopic (exact) mass is 410 g/mol. The molecule has 0 bridgehead atoms. The lowest BCUT2D eigenvalue weighted by atomic mass is 10.00. The minimum absolute atomic E-state index is 0.529. The van der Waals surface area contributed by atoms with Crippen LogP contribution >= 0.6 is 23.5 Å². The molecule has 0 amide bonds. The number of anilines is 1. The number of alkyl halides is 2. The highest BCUT2D eigenvalue weighted by Crippen LogP contribution is 2.42. The highest BCUT2D eigenvalue weighted by Gasteiger charge is 2.32. The molecule has 1 aliphatic carbocycles. The minimum atomic E-state index is -2.38. The van der Waals surface area contributed by atoms with Gasteiger partial charge in [-0.15, -0.1) is 10.2 Å². The lowest BCUT2D eigenvalue weighted by molar-refractivity contribution is 0.252. The van der Waals surface area contributed by atoms with E-state index in [-0.39, 0.29) is 0 Å². The summed E-state index contributed by atoms with van der Waals surface area (Å²) < 4.78 is 27.2. The van der Waals surface area contributed by atoms with Gasteiger partial charge in [0.05, 0.1) is 0 Å². The molecule has 0 atom stereocenters.